The SMILES string of the molecule is CCOC(=O)c1cn[nH]c1S(=O)(=O)Nc1cccc(F)n1. The Morgan fingerprint density at radius 1 is 1.48 bits per heavy atom. The molecule has 0 aromatic carbocycles. The number of ether oxygens (including phenoxy) is 1. The van der Waals surface area contributed by atoms with Gasteiger partial charge >= 0.3 is 5.97 Å². The van der Waals surface area contributed by atoms with Gasteiger partial charge in [-0.1, -0.05) is 6.07 Å². The highest BCUT2D eigenvalue weighted by molar-refractivity contribution is 7.92. The number of carbonyl (C=O) groups excluding carboxylic acids is 1. The van der Waals surface area contributed by atoms with E-state index in [0.717, 1.165) is 12.3 Å². The standard InChI is InChI=1S/C11H11FN4O4S/c1-2-20-11(17)7-6-13-15-10(7)21(18,19)16-9-5-3-4-8(12)14-9/h3-6H,2H2,1H3,(H,13,15)(H,14,16). The third-order valence-electron chi connectivity index (χ3n) is 2.32. The lowest BCUT2D eigenvalue weighted by Crippen LogP contribution is -2.18. The normalized spacial score (nSPS) is 11.1. The number of H-pyrrole nitrogens is 1. The number of pyridine rings is 1. The van der Waals surface area contributed by atoms with Crippen LogP contribution in [-0.2, 0) is 14.8 Å². The van der Waals surface area contributed by atoms with Crippen LogP contribution in [-0.4, -0.2) is 36.2 Å². The molecular formula is C11H11FN4O4S. The van der Waals surface area contributed by atoms with Gasteiger partial charge in [0.25, 0.3) is 10.0 Å². The van der Waals surface area contributed by atoms with Crippen molar-refractivity contribution in [3.63, 3.8) is 0 Å². The average Bonchev–Trinajstić information content (AvgIpc) is 2.88. The molecule has 2 aromatic rings. The molecule has 0 spiro atoms. The molecule has 21 heavy (non-hydrogen) atoms. The molecule has 8 nitrogen and oxygen atoms in total. The van der Waals surface area contributed by atoms with Crippen LogP contribution in [0.2, 0.25) is 0 Å². The van der Waals surface area contributed by atoms with Crippen molar-refractivity contribution in [3.05, 3.63) is 35.9 Å². The Morgan fingerprint density at radius 3 is 2.90 bits per heavy atom. The Labute approximate surface area is 119 Å². The highest BCUT2D eigenvalue weighted by Gasteiger charge is 2.26. The van der Waals surface area contributed by atoms with Gasteiger partial charge in [-0.3, -0.25) is 9.82 Å². The summed E-state index contributed by atoms with van der Waals surface area (Å²) >= 11 is 0. The fourth-order valence-corrected chi connectivity index (χ4v) is 2.58. The van der Waals surface area contributed by atoms with Crippen LogP contribution in [0.5, 0.6) is 0 Å². The monoisotopic (exact) mass is 314 g/mol. The van der Waals surface area contributed by atoms with Gasteiger partial charge in [0, 0.05) is 0 Å². The van der Waals surface area contributed by atoms with Gasteiger partial charge in [0.1, 0.15) is 11.4 Å². The lowest BCUT2D eigenvalue weighted by Gasteiger charge is -2.07. The zero-order valence-electron chi connectivity index (χ0n) is 10.8. The second-order valence-electron chi connectivity index (χ2n) is 3.78. The van der Waals surface area contributed by atoms with Crippen LogP contribution < -0.4 is 4.72 Å². The molecule has 0 amide bonds. The summed E-state index contributed by atoms with van der Waals surface area (Å²) in [5.41, 5.74) is -0.249. The lowest BCUT2D eigenvalue weighted by atomic mass is 10.4. The quantitative estimate of drug-likeness (QED) is 0.626. The van der Waals surface area contributed by atoms with Crippen LogP contribution in [0.25, 0.3) is 0 Å². The van der Waals surface area contributed by atoms with Gasteiger partial charge in [-0.25, -0.2) is 9.78 Å². The Bertz CT molecular complexity index is 759. The summed E-state index contributed by atoms with van der Waals surface area (Å²) in [6.45, 7) is 1.67. The van der Waals surface area contributed by atoms with Gasteiger partial charge in [-0.05, 0) is 19.1 Å². The number of rotatable bonds is 5. The van der Waals surface area contributed by atoms with Crippen LogP contribution in [0, 0.1) is 5.95 Å². The summed E-state index contributed by atoms with van der Waals surface area (Å²) in [5, 5.41) is 5.23. The first-order valence-corrected chi connectivity index (χ1v) is 7.28. The van der Waals surface area contributed by atoms with Crippen molar-refractivity contribution in [2.45, 2.75) is 11.9 Å². The Balaban J connectivity index is 2.32. The van der Waals surface area contributed by atoms with Crippen molar-refractivity contribution in [1.82, 2.24) is 15.2 Å². The number of aromatic amines is 1. The number of halogens is 1. The van der Waals surface area contributed by atoms with E-state index in [9.17, 15) is 17.6 Å². The molecule has 0 radical (unpaired) electrons. The first kappa shape index (κ1) is 14.9. The summed E-state index contributed by atoms with van der Waals surface area (Å²) in [6.07, 6.45) is 1.03. The molecule has 10 heteroatoms. The maximum Gasteiger partial charge on any atom is 0.342 e. The largest absolute Gasteiger partial charge is 0.462 e. The van der Waals surface area contributed by atoms with Gasteiger partial charge in [0.15, 0.2) is 5.03 Å². The second-order valence-corrected chi connectivity index (χ2v) is 5.40. The van der Waals surface area contributed by atoms with E-state index >= 15 is 0 Å². The van der Waals surface area contributed by atoms with Gasteiger partial charge in [-0.2, -0.15) is 17.9 Å². The third-order valence-corrected chi connectivity index (χ3v) is 3.65. The van der Waals surface area contributed by atoms with E-state index in [4.69, 9.17) is 4.74 Å². The zero-order chi connectivity index (χ0) is 15.5. The molecule has 2 aromatic heterocycles. The number of aromatic nitrogens is 3. The summed E-state index contributed by atoms with van der Waals surface area (Å²) in [7, 11) is -4.18. The van der Waals surface area contributed by atoms with Crippen LogP contribution in [0.1, 0.15) is 17.3 Å². The summed E-state index contributed by atoms with van der Waals surface area (Å²) in [4.78, 5) is 15.0. The van der Waals surface area contributed by atoms with E-state index in [1.54, 1.807) is 6.92 Å². The molecular weight excluding hydrogens is 303 g/mol. The number of carbonyl (C=O) groups is 1. The van der Waals surface area contributed by atoms with E-state index in [1.165, 1.54) is 12.1 Å². The first-order valence-electron chi connectivity index (χ1n) is 5.80. The van der Waals surface area contributed by atoms with Crippen LogP contribution in [0.4, 0.5) is 10.2 Å². The van der Waals surface area contributed by atoms with Crippen molar-refractivity contribution in [3.8, 4) is 0 Å². The Hall–Kier alpha value is -2.49. The molecule has 0 fully saturated rings. The van der Waals surface area contributed by atoms with Gasteiger partial charge in [-0.15, -0.1) is 0 Å². The van der Waals surface area contributed by atoms with Crippen LogP contribution in [0.3, 0.4) is 0 Å². The number of anilines is 1. The molecule has 2 rings (SSSR count). The number of sulfonamides is 1. The van der Waals surface area contributed by atoms with E-state index in [0.29, 0.717) is 0 Å². The molecule has 2 N–H and O–H groups in total. The second kappa shape index (κ2) is 5.87. The fraction of sp³-hybridized carbons (Fsp3) is 0.182. The smallest absolute Gasteiger partial charge is 0.342 e. The predicted molar refractivity (Wildman–Crippen MR) is 69.5 cm³/mol. The van der Waals surface area contributed by atoms with E-state index in [-0.39, 0.29) is 18.0 Å². The van der Waals surface area contributed by atoms with Gasteiger partial charge < -0.3 is 4.74 Å². The Kier molecular flexibility index (Phi) is 4.17. The number of nitrogens with zero attached hydrogens (tertiary/aromatic N) is 2. The first-order chi connectivity index (χ1) is 9.94. The molecule has 0 saturated carbocycles. The maximum atomic E-state index is 13.0. The van der Waals surface area contributed by atoms with Gasteiger partial charge in [0.2, 0.25) is 5.95 Å². The minimum absolute atomic E-state index is 0.0857. The van der Waals surface area contributed by atoms with E-state index in [2.05, 4.69) is 15.2 Å². The zero-order valence-corrected chi connectivity index (χ0v) is 11.6. The highest BCUT2D eigenvalue weighted by Crippen LogP contribution is 2.17. The maximum absolute atomic E-state index is 13.0. The summed E-state index contributed by atoms with van der Waals surface area (Å²) < 4.78 is 44.0. The minimum Gasteiger partial charge on any atom is -0.462 e. The summed E-state index contributed by atoms with van der Waals surface area (Å²) in [6, 6.07) is 3.62. The van der Waals surface area contributed by atoms with Crippen molar-refractivity contribution in [1.29, 1.82) is 0 Å². The fourth-order valence-electron chi connectivity index (χ4n) is 1.49. The molecule has 0 aliphatic heterocycles. The number of esters is 1. The molecule has 2 heterocycles. The molecule has 0 saturated heterocycles. The summed E-state index contributed by atoms with van der Waals surface area (Å²) in [5.74, 6) is -1.90. The van der Waals surface area contributed by atoms with Crippen LogP contribution in [0.15, 0.2) is 29.4 Å². The minimum atomic E-state index is -4.18. The molecule has 0 bridgehead atoms. The van der Waals surface area contributed by atoms with E-state index < -0.39 is 27.0 Å². The number of hydrogen-bond acceptors (Lipinski definition) is 6. The molecule has 0 atom stereocenters. The van der Waals surface area contributed by atoms with Crippen molar-refractivity contribution in [2.24, 2.45) is 0 Å². The molecule has 0 aliphatic rings. The molecule has 112 valence electrons. The average molecular weight is 314 g/mol. The highest BCUT2D eigenvalue weighted by atomic mass is 32.2. The van der Waals surface area contributed by atoms with E-state index in [1.807, 2.05) is 4.72 Å². The predicted octanol–water partition coefficient (Wildman–Crippen LogP) is 0.921. The number of hydrogen-bond donors (Lipinski definition) is 2. The van der Waals surface area contributed by atoms with Crippen LogP contribution >= 0.6 is 0 Å². The van der Waals surface area contributed by atoms with Gasteiger partial charge in [0.05, 0.1) is 12.8 Å². The van der Waals surface area contributed by atoms with Crippen molar-refractivity contribution >= 4 is 21.8 Å². The van der Waals surface area contributed by atoms with Crippen molar-refractivity contribution < 1.29 is 22.3 Å². The number of nitrogens with one attached hydrogen (secondary N) is 2. The molecule has 0 unspecified atom stereocenters. The third kappa shape index (κ3) is 3.34. The van der Waals surface area contributed by atoms with Crippen molar-refractivity contribution in [2.75, 3.05) is 11.3 Å². The Morgan fingerprint density at radius 2 is 2.24 bits per heavy atom. The molecule has 0 aliphatic carbocycles. The lowest BCUT2D eigenvalue weighted by molar-refractivity contribution is 0.0522. The topological polar surface area (TPSA) is 114 Å².